The zero-order valence-corrected chi connectivity index (χ0v) is 10.8. The Labute approximate surface area is 111 Å². The van der Waals surface area contributed by atoms with Gasteiger partial charge in [0.15, 0.2) is 5.82 Å². The number of amides is 1. The summed E-state index contributed by atoms with van der Waals surface area (Å²) in [5.41, 5.74) is 6.82. The summed E-state index contributed by atoms with van der Waals surface area (Å²) in [6.07, 6.45) is 1.60. The molecule has 1 heterocycles. The molecule has 2 rings (SSSR count). The van der Waals surface area contributed by atoms with E-state index in [9.17, 15) is 4.79 Å². The quantitative estimate of drug-likeness (QED) is 0.912. The van der Waals surface area contributed by atoms with E-state index in [1.807, 2.05) is 0 Å². The van der Waals surface area contributed by atoms with Crippen LogP contribution in [0.15, 0.2) is 42.6 Å². The average molecular weight is 257 g/mol. The van der Waals surface area contributed by atoms with Crippen molar-refractivity contribution in [3.05, 3.63) is 48.2 Å². The van der Waals surface area contributed by atoms with Crippen molar-refractivity contribution in [2.45, 2.75) is 0 Å². The fourth-order valence-electron chi connectivity index (χ4n) is 1.71. The number of rotatable bonds is 3. The molecule has 0 aliphatic rings. The molecule has 0 saturated carbocycles. The van der Waals surface area contributed by atoms with E-state index in [-0.39, 0.29) is 5.91 Å². The molecular weight excluding hydrogens is 242 g/mol. The van der Waals surface area contributed by atoms with Crippen LogP contribution in [0.1, 0.15) is 10.4 Å². The van der Waals surface area contributed by atoms with Crippen LogP contribution in [0, 0.1) is 0 Å². The van der Waals surface area contributed by atoms with Crippen molar-refractivity contribution >= 4 is 17.4 Å². The molecule has 1 aromatic carbocycles. The van der Waals surface area contributed by atoms with Gasteiger partial charge in [-0.25, -0.2) is 4.98 Å². The number of benzene rings is 1. The molecule has 5 heteroatoms. The second kappa shape index (κ2) is 5.39. The van der Waals surface area contributed by atoms with Crippen molar-refractivity contribution in [3.63, 3.8) is 0 Å². The Morgan fingerprint density at radius 2 is 1.95 bits per heavy atom. The Kier molecular flexibility index (Phi) is 3.66. The molecule has 0 fully saturated rings. The highest BCUT2D eigenvalue weighted by Crippen LogP contribution is 2.20. The van der Waals surface area contributed by atoms with E-state index in [4.69, 9.17) is 10.5 Å². The van der Waals surface area contributed by atoms with Crippen LogP contribution in [0.2, 0.25) is 0 Å². The van der Waals surface area contributed by atoms with Crippen LogP contribution < -0.4 is 15.4 Å². The van der Waals surface area contributed by atoms with E-state index < -0.39 is 0 Å². The summed E-state index contributed by atoms with van der Waals surface area (Å²) in [6.45, 7) is 0. The number of ether oxygens (including phenoxy) is 1. The molecule has 0 bridgehead atoms. The Balaban J connectivity index is 2.26. The molecular formula is C14H15N3O2. The van der Waals surface area contributed by atoms with Crippen LogP contribution >= 0.6 is 0 Å². The van der Waals surface area contributed by atoms with E-state index in [0.29, 0.717) is 22.8 Å². The summed E-state index contributed by atoms with van der Waals surface area (Å²) >= 11 is 0. The van der Waals surface area contributed by atoms with E-state index in [1.54, 1.807) is 56.8 Å². The lowest BCUT2D eigenvalue weighted by atomic mass is 10.2. The topological polar surface area (TPSA) is 68.5 Å². The monoisotopic (exact) mass is 257 g/mol. The summed E-state index contributed by atoms with van der Waals surface area (Å²) in [4.78, 5) is 17.8. The highest BCUT2D eigenvalue weighted by atomic mass is 16.5. The maximum atomic E-state index is 12.3. The zero-order valence-electron chi connectivity index (χ0n) is 10.8. The summed E-state index contributed by atoms with van der Waals surface area (Å²) in [6, 6.07) is 10.3. The van der Waals surface area contributed by atoms with Crippen LogP contribution in [-0.2, 0) is 0 Å². The van der Waals surface area contributed by atoms with Crippen LogP contribution in [0.25, 0.3) is 0 Å². The van der Waals surface area contributed by atoms with Gasteiger partial charge in [0.1, 0.15) is 5.75 Å². The SMILES string of the molecule is COc1ccc(C(=O)N(C)c2ncccc2N)cc1. The number of nitrogens with two attached hydrogens (primary N) is 1. The lowest BCUT2D eigenvalue weighted by Crippen LogP contribution is -2.27. The Bertz CT molecular complexity index is 581. The molecule has 5 nitrogen and oxygen atoms in total. The van der Waals surface area contributed by atoms with E-state index in [2.05, 4.69) is 4.98 Å². The maximum absolute atomic E-state index is 12.3. The van der Waals surface area contributed by atoms with Crippen LogP contribution in [0.5, 0.6) is 5.75 Å². The molecule has 0 aliphatic heterocycles. The highest BCUT2D eigenvalue weighted by Gasteiger charge is 2.16. The number of pyridine rings is 1. The van der Waals surface area contributed by atoms with E-state index in [1.165, 1.54) is 4.90 Å². The standard InChI is InChI=1S/C14H15N3O2/c1-17(13-12(15)4-3-9-16-13)14(18)10-5-7-11(19-2)8-6-10/h3-9H,15H2,1-2H3. The summed E-state index contributed by atoms with van der Waals surface area (Å²) in [5.74, 6) is 0.980. The molecule has 0 saturated heterocycles. The molecule has 1 aromatic heterocycles. The van der Waals surface area contributed by atoms with Crippen molar-refractivity contribution in [3.8, 4) is 5.75 Å². The number of carbonyl (C=O) groups is 1. The van der Waals surface area contributed by atoms with E-state index in [0.717, 1.165) is 0 Å². The predicted octanol–water partition coefficient (Wildman–Crippen LogP) is 1.95. The Morgan fingerprint density at radius 1 is 1.26 bits per heavy atom. The Hall–Kier alpha value is -2.56. The number of nitrogens with zero attached hydrogens (tertiary/aromatic N) is 2. The van der Waals surface area contributed by atoms with E-state index >= 15 is 0 Å². The number of hydrogen-bond acceptors (Lipinski definition) is 4. The second-order valence-corrected chi connectivity index (χ2v) is 4.01. The maximum Gasteiger partial charge on any atom is 0.259 e. The molecule has 0 atom stereocenters. The van der Waals surface area contributed by atoms with Gasteiger partial charge in [0, 0.05) is 18.8 Å². The molecule has 19 heavy (non-hydrogen) atoms. The van der Waals surface area contributed by atoms with Crippen molar-refractivity contribution < 1.29 is 9.53 Å². The molecule has 1 amide bonds. The minimum Gasteiger partial charge on any atom is -0.497 e. The van der Waals surface area contributed by atoms with Crippen molar-refractivity contribution in [2.24, 2.45) is 0 Å². The fourth-order valence-corrected chi connectivity index (χ4v) is 1.71. The summed E-state index contributed by atoms with van der Waals surface area (Å²) in [7, 11) is 3.22. The number of nitrogen functional groups attached to an aromatic ring is 1. The van der Waals surface area contributed by atoms with Gasteiger partial charge in [-0.1, -0.05) is 0 Å². The number of anilines is 2. The second-order valence-electron chi connectivity index (χ2n) is 4.01. The lowest BCUT2D eigenvalue weighted by Gasteiger charge is -2.17. The number of hydrogen-bond donors (Lipinski definition) is 1. The molecule has 2 N–H and O–H groups in total. The first-order valence-electron chi connectivity index (χ1n) is 5.76. The van der Waals surface area contributed by atoms with Gasteiger partial charge >= 0.3 is 0 Å². The van der Waals surface area contributed by atoms with Gasteiger partial charge in [-0.05, 0) is 36.4 Å². The first kappa shape index (κ1) is 12.9. The van der Waals surface area contributed by atoms with Gasteiger partial charge in [0.2, 0.25) is 0 Å². The average Bonchev–Trinajstić information content (AvgIpc) is 2.46. The first-order chi connectivity index (χ1) is 9.13. The van der Waals surface area contributed by atoms with Gasteiger partial charge in [0.05, 0.1) is 12.8 Å². The highest BCUT2D eigenvalue weighted by molar-refractivity contribution is 6.06. The van der Waals surface area contributed by atoms with Gasteiger partial charge in [0.25, 0.3) is 5.91 Å². The van der Waals surface area contributed by atoms with Gasteiger partial charge in [-0.3, -0.25) is 9.69 Å². The Morgan fingerprint density at radius 3 is 2.53 bits per heavy atom. The van der Waals surface area contributed by atoms with Gasteiger partial charge in [-0.15, -0.1) is 0 Å². The van der Waals surface area contributed by atoms with Crippen LogP contribution in [0.3, 0.4) is 0 Å². The molecule has 0 unspecified atom stereocenters. The third-order valence-electron chi connectivity index (χ3n) is 2.78. The third-order valence-corrected chi connectivity index (χ3v) is 2.78. The lowest BCUT2D eigenvalue weighted by molar-refractivity contribution is 0.0992. The van der Waals surface area contributed by atoms with Crippen LogP contribution in [0.4, 0.5) is 11.5 Å². The smallest absolute Gasteiger partial charge is 0.259 e. The molecule has 0 aliphatic carbocycles. The normalized spacial score (nSPS) is 10.0. The summed E-state index contributed by atoms with van der Waals surface area (Å²) < 4.78 is 5.06. The number of carbonyl (C=O) groups excluding carboxylic acids is 1. The van der Waals surface area contributed by atoms with Crippen molar-refractivity contribution in [1.82, 2.24) is 4.98 Å². The van der Waals surface area contributed by atoms with Crippen molar-refractivity contribution in [2.75, 3.05) is 24.8 Å². The molecule has 0 radical (unpaired) electrons. The van der Waals surface area contributed by atoms with Crippen molar-refractivity contribution in [1.29, 1.82) is 0 Å². The number of aromatic nitrogens is 1. The largest absolute Gasteiger partial charge is 0.497 e. The third kappa shape index (κ3) is 2.65. The zero-order chi connectivity index (χ0) is 13.8. The van der Waals surface area contributed by atoms with Gasteiger partial charge < -0.3 is 10.5 Å². The first-order valence-corrected chi connectivity index (χ1v) is 5.76. The minimum absolute atomic E-state index is 0.173. The molecule has 2 aromatic rings. The molecule has 98 valence electrons. The van der Waals surface area contributed by atoms with Gasteiger partial charge in [-0.2, -0.15) is 0 Å². The fraction of sp³-hybridized carbons (Fsp3) is 0.143. The summed E-state index contributed by atoms with van der Waals surface area (Å²) in [5, 5.41) is 0. The van der Waals surface area contributed by atoms with Crippen LogP contribution in [-0.4, -0.2) is 25.0 Å². The molecule has 0 spiro atoms. The number of methoxy groups -OCH3 is 1. The minimum atomic E-state index is -0.173. The predicted molar refractivity (Wildman–Crippen MR) is 74.4 cm³/mol.